The summed E-state index contributed by atoms with van der Waals surface area (Å²) in [7, 11) is -3.85. The third-order valence-corrected chi connectivity index (χ3v) is 8.22. The van der Waals surface area contributed by atoms with Crippen molar-refractivity contribution in [3.63, 3.8) is 0 Å². The Balaban J connectivity index is 1.75. The van der Waals surface area contributed by atoms with Gasteiger partial charge in [0, 0.05) is 35.3 Å². The molecular weight excluding hydrogens is 462 g/mol. The molecule has 0 atom stereocenters. The van der Waals surface area contributed by atoms with Gasteiger partial charge < -0.3 is 15.2 Å². The molecule has 1 heterocycles. The number of alkyl carbamates (subject to hydrolysis) is 1. The standard InChI is InChI=1S/C23H33N3O5S2/c1-14(2)31-22(28)25-16-8-6-15(7-9-16)21-24-13-19(32-21)18-11-10-17(27)12-20(18)33(29,30)26-23(3,4)5/h10-16,26-27H,6-9H2,1-5H3,(H,25,28)/t15-,16-. The number of benzene rings is 1. The van der Waals surface area contributed by atoms with Crippen LogP contribution in [0.5, 0.6) is 5.75 Å². The number of phenolic OH excluding ortho intramolecular Hbond substituents is 1. The number of aromatic hydroxyl groups is 1. The van der Waals surface area contributed by atoms with E-state index in [2.05, 4.69) is 15.0 Å². The van der Waals surface area contributed by atoms with E-state index in [0.717, 1.165) is 35.6 Å². The van der Waals surface area contributed by atoms with Gasteiger partial charge in [-0.15, -0.1) is 11.3 Å². The van der Waals surface area contributed by atoms with Gasteiger partial charge in [0.2, 0.25) is 10.0 Å². The topological polar surface area (TPSA) is 118 Å². The maximum Gasteiger partial charge on any atom is 0.407 e. The predicted molar refractivity (Wildman–Crippen MR) is 129 cm³/mol. The molecule has 1 fully saturated rings. The number of ether oxygens (including phenoxy) is 1. The Labute approximate surface area is 199 Å². The van der Waals surface area contributed by atoms with Crippen LogP contribution >= 0.6 is 11.3 Å². The van der Waals surface area contributed by atoms with E-state index in [-0.39, 0.29) is 34.8 Å². The number of carbonyl (C=O) groups is 1. The fourth-order valence-electron chi connectivity index (χ4n) is 3.90. The molecule has 0 saturated heterocycles. The fourth-order valence-corrected chi connectivity index (χ4v) is 6.75. The third-order valence-electron chi connectivity index (χ3n) is 5.23. The molecule has 1 aliphatic carbocycles. The molecular formula is C23H33N3O5S2. The summed E-state index contributed by atoms with van der Waals surface area (Å²) in [6.45, 7) is 8.95. The van der Waals surface area contributed by atoms with E-state index in [1.54, 1.807) is 33.0 Å². The predicted octanol–water partition coefficient (Wildman–Crippen LogP) is 4.75. The smallest absolute Gasteiger partial charge is 0.407 e. The zero-order valence-corrected chi connectivity index (χ0v) is 21.3. The molecule has 33 heavy (non-hydrogen) atoms. The minimum atomic E-state index is -3.85. The van der Waals surface area contributed by atoms with Gasteiger partial charge in [-0.2, -0.15) is 0 Å². The van der Waals surface area contributed by atoms with Crippen molar-refractivity contribution in [2.45, 2.75) is 88.8 Å². The van der Waals surface area contributed by atoms with E-state index in [1.165, 1.54) is 23.5 Å². The average molecular weight is 496 g/mol. The summed E-state index contributed by atoms with van der Waals surface area (Å²) < 4.78 is 33.8. The minimum Gasteiger partial charge on any atom is -0.508 e. The zero-order valence-electron chi connectivity index (χ0n) is 19.7. The van der Waals surface area contributed by atoms with Crippen LogP contribution in [-0.2, 0) is 14.8 Å². The van der Waals surface area contributed by atoms with Gasteiger partial charge in [0.05, 0.1) is 20.9 Å². The lowest BCUT2D eigenvalue weighted by Gasteiger charge is -2.28. The van der Waals surface area contributed by atoms with Crippen molar-refractivity contribution >= 4 is 27.5 Å². The maximum absolute atomic E-state index is 13.0. The first kappa shape index (κ1) is 25.5. The number of hydrogen-bond acceptors (Lipinski definition) is 7. The molecule has 2 aromatic rings. The highest BCUT2D eigenvalue weighted by Crippen LogP contribution is 2.40. The number of sulfonamides is 1. The average Bonchev–Trinajstić information content (AvgIpc) is 3.16. The molecule has 182 valence electrons. The number of amides is 1. The van der Waals surface area contributed by atoms with Crippen molar-refractivity contribution in [3.05, 3.63) is 29.4 Å². The first-order valence-electron chi connectivity index (χ1n) is 11.1. The van der Waals surface area contributed by atoms with Crippen molar-refractivity contribution in [2.24, 2.45) is 0 Å². The summed E-state index contributed by atoms with van der Waals surface area (Å²) in [4.78, 5) is 17.2. The highest BCUT2D eigenvalue weighted by atomic mass is 32.2. The Morgan fingerprint density at radius 1 is 1.21 bits per heavy atom. The van der Waals surface area contributed by atoms with E-state index >= 15 is 0 Å². The Hall–Kier alpha value is -2.17. The van der Waals surface area contributed by atoms with Gasteiger partial charge in [-0.05, 0) is 72.4 Å². The van der Waals surface area contributed by atoms with Crippen molar-refractivity contribution in [1.29, 1.82) is 0 Å². The molecule has 0 radical (unpaired) electrons. The number of rotatable bonds is 6. The lowest BCUT2D eigenvalue weighted by Crippen LogP contribution is -2.40. The number of hydrogen-bond donors (Lipinski definition) is 3. The molecule has 1 saturated carbocycles. The number of nitrogens with zero attached hydrogens (tertiary/aromatic N) is 1. The van der Waals surface area contributed by atoms with Crippen LogP contribution in [0.3, 0.4) is 0 Å². The monoisotopic (exact) mass is 495 g/mol. The lowest BCUT2D eigenvalue weighted by molar-refractivity contribution is 0.109. The van der Waals surface area contributed by atoms with Crippen LogP contribution < -0.4 is 10.0 Å². The summed E-state index contributed by atoms with van der Waals surface area (Å²) in [6, 6.07) is 4.46. The van der Waals surface area contributed by atoms with Crippen LogP contribution in [0, 0.1) is 0 Å². The molecule has 1 aliphatic rings. The highest BCUT2D eigenvalue weighted by molar-refractivity contribution is 7.89. The number of carbonyl (C=O) groups excluding carboxylic acids is 1. The second-order valence-electron chi connectivity index (χ2n) is 9.75. The summed E-state index contributed by atoms with van der Waals surface area (Å²) >= 11 is 1.47. The molecule has 10 heteroatoms. The molecule has 1 amide bonds. The van der Waals surface area contributed by atoms with Crippen LogP contribution in [0.2, 0.25) is 0 Å². The summed E-state index contributed by atoms with van der Waals surface area (Å²) in [6.07, 6.45) is 4.60. The number of nitrogens with one attached hydrogen (secondary N) is 2. The normalized spacial score (nSPS) is 19.5. The minimum absolute atomic E-state index is 0.0317. The van der Waals surface area contributed by atoms with Gasteiger partial charge in [-0.25, -0.2) is 22.9 Å². The van der Waals surface area contributed by atoms with Crippen molar-refractivity contribution in [1.82, 2.24) is 15.0 Å². The highest BCUT2D eigenvalue weighted by Gasteiger charge is 2.29. The Kier molecular flexibility index (Phi) is 7.70. The Morgan fingerprint density at radius 3 is 2.48 bits per heavy atom. The SMILES string of the molecule is CC(C)OC(=O)N[C@H]1CC[C@H](c2ncc(-c3ccc(O)cc3S(=O)(=O)NC(C)(C)C)s2)CC1. The number of thiazole rings is 1. The van der Waals surface area contributed by atoms with E-state index in [1.807, 2.05) is 13.8 Å². The van der Waals surface area contributed by atoms with Crippen LogP contribution in [0.1, 0.15) is 71.2 Å². The number of aromatic nitrogens is 1. The first-order chi connectivity index (χ1) is 15.3. The van der Waals surface area contributed by atoms with E-state index in [9.17, 15) is 18.3 Å². The summed E-state index contributed by atoms with van der Waals surface area (Å²) in [5.74, 6) is 0.146. The zero-order chi connectivity index (χ0) is 24.4. The van der Waals surface area contributed by atoms with Crippen molar-refractivity contribution in [2.75, 3.05) is 0 Å². The van der Waals surface area contributed by atoms with Crippen molar-refractivity contribution < 1.29 is 23.1 Å². The quantitative estimate of drug-likeness (QED) is 0.532. The first-order valence-corrected chi connectivity index (χ1v) is 13.4. The summed E-state index contributed by atoms with van der Waals surface area (Å²) in [5.41, 5.74) is -0.144. The van der Waals surface area contributed by atoms with Gasteiger partial charge in [-0.3, -0.25) is 0 Å². The third kappa shape index (κ3) is 6.91. The molecule has 3 rings (SSSR count). The Bertz CT molecular complexity index is 1080. The van der Waals surface area contributed by atoms with Crippen LogP contribution in [0.25, 0.3) is 10.4 Å². The van der Waals surface area contributed by atoms with Gasteiger partial charge in [0.15, 0.2) is 0 Å². The second-order valence-corrected chi connectivity index (χ2v) is 12.5. The molecule has 8 nitrogen and oxygen atoms in total. The lowest BCUT2D eigenvalue weighted by atomic mass is 9.86. The second kappa shape index (κ2) is 9.99. The number of phenols is 1. The van der Waals surface area contributed by atoms with Crippen molar-refractivity contribution in [3.8, 4) is 16.2 Å². The van der Waals surface area contributed by atoms with E-state index in [4.69, 9.17) is 4.74 Å². The molecule has 0 spiro atoms. The van der Waals surface area contributed by atoms with Crippen LogP contribution in [-0.4, -0.2) is 42.3 Å². The molecule has 1 aromatic heterocycles. The van der Waals surface area contributed by atoms with Gasteiger partial charge >= 0.3 is 6.09 Å². The molecule has 3 N–H and O–H groups in total. The van der Waals surface area contributed by atoms with Crippen LogP contribution in [0.4, 0.5) is 4.79 Å². The molecule has 0 aliphatic heterocycles. The Morgan fingerprint density at radius 2 is 1.88 bits per heavy atom. The molecule has 0 unspecified atom stereocenters. The van der Waals surface area contributed by atoms with E-state index < -0.39 is 15.6 Å². The largest absolute Gasteiger partial charge is 0.508 e. The van der Waals surface area contributed by atoms with Gasteiger partial charge in [0.25, 0.3) is 0 Å². The summed E-state index contributed by atoms with van der Waals surface area (Å²) in [5, 5.41) is 13.8. The molecule has 0 bridgehead atoms. The fraction of sp³-hybridized carbons (Fsp3) is 0.565. The van der Waals surface area contributed by atoms with E-state index in [0.29, 0.717) is 5.56 Å². The van der Waals surface area contributed by atoms with Gasteiger partial charge in [-0.1, -0.05) is 0 Å². The maximum atomic E-state index is 13.0. The van der Waals surface area contributed by atoms with Crippen LogP contribution in [0.15, 0.2) is 29.3 Å². The van der Waals surface area contributed by atoms with Gasteiger partial charge in [0.1, 0.15) is 5.75 Å². The molecule has 1 aromatic carbocycles.